The highest BCUT2D eigenvalue weighted by Gasteiger charge is 2.35. The summed E-state index contributed by atoms with van der Waals surface area (Å²) in [5, 5.41) is 0.506. The molecule has 0 bridgehead atoms. The Morgan fingerprint density at radius 2 is 1.95 bits per heavy atom. The van der Waals surface area contributed by atoms with E-state index in [-0.39, 0.29) is 43.3 Å². The van der Waals surface area contributed by atoms with E-state index in [1.54, 1.807) is 17.0 Å². The minimum Gasteiger partial charge on any atom is -0.494 e. The number of furan rings is 1. The number of rotatable bonds is 8. The van der Waals surface area contributed by atoms with Gasteiger partial charge in [0.1, 0.15) is 11.5 Å². The molecule has 2 aromatic heterocycles. The molecule has 0 spiro atoms. The molecule has 0 atom stereocenters. The number of amides is 1. The van der Waals surface area contributed by atoms with Gasteiger partial charge in [0.05, 0.1) is 34.5 Å². The summed E-state index contributed by atoms with van der Waals surface area (Å²) in [5.41, 5.74) is 0.734. The molecule has 38 heavy (non-hydrogen) atoms. The van der Waals surface area contributed by atoms with E-state index in [2.05, 4.69) is 4.98 Å². The number of hydrogen-bond acceptors (Lipinski definition) is 7. The van der Waals surface area contributed by atoms with Crippen molar-refractivity contribution in [3.05, 3.63) is 72.2 Å². The largest absolute Gasteiger partial charge is 0.494 e. The van der Waals surface area contributed by atoms with E-state index >= 15 is 0 Å². The van der Waals surface area contributed by atoms with Gasteiger partial charge in [0.2, 0.25) is 15.9 Å². The number of hydrogen-bond donors (Lipinski definition) is 0. The zero-order chi connectivity index (χ0) is 26.9. The molecule has 0 aliphatic carbocycles. The van der Waals surface area contributed by atoms with Crippen LogP contribution in [0.2, 0.25) is 0 Å². The van der Waals surface area contributed by atoms with E-state index in [0.29, 0.717) is 29.3 Å². The molecule has 12 heteroatoms. The van der Waals surface area contributed by atoms with Gasteiger partial charge in [-0.2, -0.15) is 4.31 Å². The molecule has 3 heterocycles. The third-order valence-corrected chi connectivity index (χ3v) is 9.32. The number of thiazole rings is 1. The van der Waals surface area contributed by atoms with Crippen LogP contribution in [0.1, 0.15) is 25.5 Å². The number of piperidine rings is 1. The Hall–Kier alpha value is -3.35. The Morgan fingerprint density at radius 3 is 2.63 bits per heavy atom. The topological polar surface area (TPSA) is 92.9 Å². The first kappa shape index (κ1) is 26.3. The second-order valence-corrected chi connectivity index (χ2v) is 11.8. The van der Waals surface area contributed by atoms with E-state index in [9.17, 15) is 22.0 Å². The van der Waals surface area contributed by atoms with E-state index in [0.717, 1.165) is 22.3 Å². The Kier molecular flexibility index (Phi) is 7.46. The van der Waals surface area contributed by atoms with Gasteiger partial charge in [0, 0.05) is 19.0 Å². The van der Waals surface area contributed by atoms with E-state index < -0.39 is 27.6 Å². The molecule has 1 amide bonds. The number of fused-ring (bicyclic) bond motifs is 1. The molecular weight excluding hydrogens is 536 g/mol. The number of halogens is 2. The van der Waals surface area contributed by atoms with Crippen molar-refractivity contribution in [3.8, 4) is 5.75 Å². The standard InChI is InChI=1S/C26H25F2N3O5S2/c1-2-35-18-5-8-23-24(14-18)37-26(29-23)31(16-19-4-3-13-36-19)25(32)17-9-11-30(12-10-17)38(33,34)20-6-7-21(27)22(28)15-20/h3-8,13-15,17H,2,9-12,16H2,1H3. The number of carbonyl (C=O) groups is 1. The van der Waals surface area contributed by atoms with Crippen molar-refractivity contribution >= 4 is 42.6 Å². The Labute approximate surface area is 222 Å². The maximum absolute atomic E-state index is 13.7. The molecule has 0 saturated carbocycles. The highest BCUT2D eigenvalue weighted by atomic mass is 32.2. The van der Waals surface area contributed by atoms with Gasteiger partial charge < -0.3 is 9.15 Å². The predicted molar refractivity (Wildman–Crippen MR) is 139 cm³/mol. The van der Waals surface area contributed by atoms with E-state index in [1.807, 2.05) is 25.1 Å². The monoisotopic (exact) mass is 561 g/mol. The van der Waals surface area contributed by atoms with E-state index in [1.165, 1.54) is 21.9 Å². The fraction of sp³-hybridized carbons (Fsp3) is 0.308. The maximum Gasteiger partial charge on any atom is 0.243 e. The highest BCUT2D eigenvalue weighted by Crippen LogP contribution is 2.34. The van der Waals surface area contributed by atoms with Gasteiger partial charge in [-0.05, 0) is 68.3 Å². The number of ether oxygens (including phenoxy) is 1. The van der Waals surface area contributed by atoms with Crippen LogP contribution in [0, 0.1) is 17.6 Å². The molecule has 0 radical (unpaired) electrons. The van der Waals surface area contributed by atoms with Crippen LogP contribution in [-0.2, 0) is 21.4 Å². The molecule has 8 nitrogen and oxygen atoms in total. The fourth-order valence-electron chi connectivity index (χ4n) is 4.41. The minimum atomic E-state index is -4.03. The lowest BCUT2D eigenvalue weighted by atomic mass is 9.96. The molecular formula is C26H25F2N3O5S2. The summed E-state index contributed by atoms with van der Waals surface area (Å²) in [4.78, 5) is 19.7. The molecule has 1 fully saturated rings. The van der Waals surface area contributed by atoms with Crippen molar-refractivity contribution in [1.29, 1.82) is 0 Å². The summed E-state index contributed by atoms with van der Waals surface area (Å²) in [6.07, 6.45) is 2.08. The molecule has 2 aromatic carbocycles. The third kappa shape index (κ3) is 5.29. The summed E-state index contributed by atoms with van der Waals surface area (Å²) in [6.45, 7) is 2.76. The number of sulfonamides is 1. The van der Waals surface area contributed by atoms with Crippen LogP contribution in [0.5, 0.6) is 5.75 Å². The minimum absolute atomic E-state index is 0.0733. The van der Waals surface area contributed by atoms with Gasteiger partial charge in [-0.3, -0.25) is 9.69 Å². The van der Waals surface area contributed by atoms with Crippen LogP contribution >= 0.6 is 11.3 Å². The summed E-state index contributed by atoms with van der Waals surface area (Å²) >= 11 is 1.36. The zero-order valence-corrected chi connectivity index (χ0v) is 22.1. The van der Waals surface area contributed by atoms with Gasteiger partial charge in [0.25, 0.3) is 0 Å². The first-order valence-electron chi connectivity index (χ1n) is 12.1. The van der Waals surface area contributed by atoms with Gasteiger partial charge in [0.15, 0.2) is 16.8 Å². The fourth-order valence-corrected chi connectivity index (χ4v) is 6.89. The molecule has 5 rings (SSSR count). The number of anilines is 1. The molecule has 200 valence electrons. The first-order chi connectivity index (χ1) is 18.3. The van der Waals surface area contributed by atoms with Crippen molar-refractivity contribution in [2.75, 3.05) is 24.6 Å². The van der Waals surface area contributed by atoms with Crippen molar-refractivity contribution in [1.82, 2.24) is 9.29 Å². The van der Waals surface area contributed by atoms with Gasteiger partial charge >= 0.3 is 0 Å². The van der Waals surface area contributed by atoms with Gasteiger partial charge in [-0.15, -0.1) is 0 Å². The summed E-state index contributed by atoms with van der Waals surface area (Å²) in [6, 6.07) is 11.6. The van der Waals surface area contributed by atoms with Crippen LogP contribution in [0.15, 0.2) is 64.1 Å². The highest BCUT2D eigenvalue weighted by molar-refractivity contribution is 7.89. The van der Waals surface area contributed by atoms with Gasteiger partial charge in [-0.1, -0.05) is 11.3 Å². The van der Waals surface area contributed by atoms with Crippen molar-refractivity contribution in [2.24, 2.45) is 5.92 Å². The zero-order valence-electron chi connectivity index (χ0n) is 20.5. The van der Waals surface area contributed by atoms with E-state index in [4.69, 9.17) is 9.15 Å². The number of nitrogens with zero attached hydrogens (tertiary/aromatic N) is 3. The average molecular weight is 562 g/mol. The first-order valence-corrected chi connectivity index (χ1v) is 14.3. The normalized spacial score (nSPS) is 15.1. The van der Waals surface area contributed by atoms with Crippen LogP contribution in [0.3, 0.4) is 0 Å². The Morgan fingerprint density at radius 1 is 1.16 bits per heavy atom. The van der Waals surface area contributed by atoms with Crippen LogP contribution < -0.4 is 9.64 Å². The lowest BCUT2D eigenvalue weighted by Crippen LogP contribution is -2.44. The molecule has 0 N–H and O–H groups in total. The van der Waals surface area contributed by atoms with Crippen LogP contribution in [0.4, 0.5) is 13.9 Å². The molecule has 4 aromatic rings. The van der Waals surface area contributed by atoms with Gasteiger partial charge in [-0.25, -0.2) is 22.2 Å². The van der Waals surface area contributed by atoms with Crippen LogP contribution in [-0.4, -0.2) is 43.3 Å². The average Bonchev–Trinajstić information content (AvgIpc) is 3.58. The Bertz CT molecular complexity index is 1550. The third-order valence-electron chi connectivity index (χ3n) is 6.38. The van der Waals surface area contributed by atoms with Crippen molar-refractivity contribution < 1.29 is 31.1 Å². The predicted octanol–water partition coefficient (Wildman–Crippen LogP) is 5.20. The lowest BCUT2D eigenvalue weighted by Gasteiger charge is -2.32. The second-order valence-electron chi connectivity index (χ2n) is 8.82. The second kappa shape index (κ2) is 10.8. The van der Waals surface area contributed by atoms with Crippen LogP contribution in [0.25, 0.3) is 10.2 Å². The number of benzene rings is 2. The number of aromatic nitrogens is 1. The summed E-state index contributed by atoms with van der Waals surface area (Å²) in [7, 11) is -4.03. The summed E-state index contributed by atoms with van der Waals surface area (Å²) in [5.74, 6) is -1.68. The summed E-state index contributed by atoms with van der Waals surface area (Å²) < 4.78 is 66.1. The maximum atomic E-state index is 13.7. The SMILES string of the molecule is CCOc1ccc2nc(N(Cc3ccco3)C(=O)C3CCN(S(=O)(=O)c4ccc(F)c(F)c4)CC3)sc2c1. The molecule has 1 saturated heterocycles. The Balaban J connectivity index is 1.36. The lowest BCUT2D eigenvalue weighted by molar-refractivity contribution is -0.123. The molecule has 0 unspecified atom stereocenters. The quantitative estimate of drug-likeness (QED) is 0.294. The molecule has 1 aliphatic heterocycles. The van der Waals surface area contributed by atoms with Crippen molar-refractivity contribution in [2.45, 2.75) is 31.2 Å². The number of carbonyl (C=O) groups excluding carboxylic acids is 1. The molecule has 1 aliphatic rings. The smallest absolute Gasteiger partial charge is 0.243 e. The van der Waals surface area contributed by atoms with Crippen molar-refractivity contribution in [3.63, 3.8) is 0 Å².